The summed E-state index contributed by atoms with van der Waals surface area (Å²) >= 11 is 0. The number of methoxy groups -OCH3 is 1. The Labute approximate surface area is 72.7 Å². The molecule has 1 heterocycles. The minimum absolute atomic E-state index is 0.0351. The molecular weight excluding hydrogens is 156 g/mol. The molecule has 1 aliphatic carbocycles. The van der Waals surface area contributed by atoms with Gasteiger partial charge in [-0.2, -0.15) is 0 Å². The third-order valence-electron chi connectivity index (χ3n) is 2.99. The van der Waals surface area contributed by atoms with E-state index in [4.69, 9.17) is 9.47 Å². The standard InChI is InChI=1S/C9H16O3/c1-11-8-4-6(9-5-12-9)2-3-7(8)10/h6-10H,2-5H2,1H3. The summed E-state index contributed by atoms with van der Waals surface area (Å²) in [5, 5.41) is 9.52. The third kappa shape index (κ3) is 1.63. The predicted octanol–water partition coefficient (Wildman–Crippen LogP) is 0.561. The van der Waals surface area contributed by atoms with Gasteiger partial charge in [0, 0.05) is 7.11 Å². The van der Waals surface area contributed by atoms with Crippen LogP contribution < -0.4 is 0 Å². The molecule has 1 saturated carbocycles. The zero-order valence-electron chi connectivity index (χ0n) is 7.40. The number of ether oxygens (including phenoxy) is 2. The van der Waals surface area contributed by atoms with Crippen molar-refractivity contribution in [3.63, 3.8) is 0 Å². The number of rotatable bonds is 2. The maximum absolute atomic E-state index is 9.52. The quantitative estimate of drug-likeness (QED) is 0.619. The maximum atomic E-state index is 9.52. The number of aliphatic hydroxyl groups is 1. The second kappa shape index (κ2) is 3.32. The summed E-state index contributed by atoms with van der Waals surface area (Å²) in [6, 6.07) is 0. The lowest BCUT2D eigenvalue weighted by atomic mass is 9.83. The molecule has 0 radical (unpaired) electrons. The molecule has 0 aromatic carbocycles. The molecule has 0 amide bonds. The SMILES string of the molecule is COC1CC(C2CO2)CCC1O. The van der Waals surface area contributed by atoms with E-state index in [-0.39, 0.29) is 12.2 Å². The molecule has 1 N–H and O–H groups in total. The van der Waals surface area contributed by atoms with Gasteiger partial charge in [-0.15, -0.1) is 0 Å². The zero-order chi connectivity index (χ0) is 8.55. The van der Waals surface area contributed by atoms with Crippen molar-refractivity contribution in [1.29, 1.82) is 0 Å². The Hall–Kier alpha value is -0.120. The van der Waals surface area contributed by atoms with Gasteiger partial charge in [0.15, 0.2) is 0 Å². The summed E-state index contributed by atoms with van der Waals surface area (Å²) < 4.78 is 10.4. The monoisotopic (exact) mass is 172 g/mol. The van der Waals surface area contributed by atoms with Gasteiger partial charge in [0.1, 0.15) is 0 Å². The van der Waals surface area contributed by atoms with E-state index in [2.05, 4.69) is 0 Å². The minimum atomic E-state index is -0.259. The van der Waals surface area contributed by atoms with Crippen LogP contribution in [0.4, 0.5) is 0 Å². The van der Waals surface area contributed by atoms with Crippen LogP contribution in [-0.2, 0) is 9.47 Å². The molecule has 70 valence electrons. The maximum Gasteiger partial charge on any atom is 0.0839 e. The molecule has 2 fully saturated rings. The molecule has 1 aliphatic heterocycles. The molecule has 0 aromatic heterocycles. The van der Waals surface area contributed by atoms with Gasteiger partial charge in [-0.25, -0.2) is 0 Å². The summed E-state index contributed by atoms with van der Waals surface area (Å²) in [5.74, 6) is 0.623. The van der Waals surface area contributed by atoms with Crippen molar-refractivity contribution in [1.82, 2.24) is 0 Å². The highest BCUT2D eigenvalue weighted by Crippen LogP contribution is 2.34. The average molecular weight is 172 g/mol. The number of epoxide rings is 1. The van der Waals surface area contributed by atoms with Crippen LogP contribution in [0.25, 0.3) is 0 Å². The molecular formula is C9H16O3. The average Bonchev–Trinajstić information content (AvgIpc) is 2.88. The second-order valence-corrected chi connectivity index (χ2v) is 3.79. The van der Waals surface area contributed by atoms with Crippen molar-refractivity contribution in [2.24, 2.45) is 5.92 Å². The van der Waals surface area contributed by atoms with E-state index < -0.39 is 0 Å². The van der Waals surface area contributed by atoms with E-state index in [0.717, 1.165) is 25.9 Å². The fourth-order valence-corrected chi connectivity index (χ4v) is 2.06. The van der Waals surface area contributed by atoms with Crippen molar-refractivity contribution in [3.8, 4) is 0 Å². The van der Waals surface area contributed by atoms with Crippen LogP contribution in [-0.4, -0.2) is 37.1 Å². The van der Waals surface area contributed by atoms with Gasteiger partial charge in [0.25, 0.3) is 0 Å². The minimum Gasteiger partial charge on any atom is -0.390 e. The molecule has 1 saturated heterocycles. The lowest BCUT2D eigenvalue weighted by Crippen LogP contribution is -2.36. The molecule has 4 atom stereocenters. The van der Waals surface area contributed by atoms with Gasteiger partial charge in [0.2, 0.25) is 0 Å². The van der Waals surface area contributed by atoms with Crippen LogP contribution in [0.15, 0.2) is 0 Å². The molecule has 2 rings (SSSR count). The van der Waals surface area contributed by atoms with Crippen LogP contribution in [0.5, 0.6) is 0 Å². The van der Waals surface area contributed by atoms with Crippen LogP contribution in [0, 0.1) is 5.92 Å². The van der Waals surface area contributed by atoms with E-state index in [1.165, 1.54) is 0 Å². The second-order valence-electron chi connectivity index (χ2n) is 3.79. The number of hydrogen-bond acceptors (Lipinski definition) is 3. The van der Waals surface area contributed by atoms with Gasteiger partial charge in [-0.1, -0.05) is 0 Å². The van der Waals surface area contributed by atoms with Crippen molar-refractivity contribution >= 4 is 0 Å². The Balaban J connectivity index is 1.87. The van der Waals surface area contributed by atoms with E-state index in [1.54, 1.807) is 7.11 Å². The van der Waals surface area contributed by atoms with Crippen LogP contribution >= 0.6 is 0 Å². The van der Waals surface area contributed by atoms with Crippen LogP contribution in [0.2, 0.25) is 0 Å². The Bertz CT molecular complexity index is 156. The Morgan fingerprint density at radius 2 is 2.17 bits per heavy atom. The number of aliphatic hydroxyl groups excluding tert-OH is 1. The first-order chi connectivity index (χ1) is 5.81. The molecule has 3 nitrogen and oxygen atoms in total. The zero-order valence-corrected chi connectivity index (χ0v) is 7.40. The summed E-state index contributed by atoms with van der Waals surface area (Å²) in [6.45, 7) is 0.914. The molecule has 4 unspecified atom stereocenters. The fourth-order valence-electron chi connectivity index (χ4n) is 2.06. The van der Waals surface area contributed by atoms with Gasteiger partial charge < -0.3 is 14.6 Å². The van der Waals surface area contributed by atoms with E-state index in [0.29, 0.717) is 12.0 Å². The molecule has 0 bridgehead atoms. The van der Waals surface area contributed by atoms with Crippen molar-refractivity contribution < 1.29 is 14.6 Å². The van der Waals surface area contributed by atoms with E-state index in [9.17, 15) is 5.11 Å². The van der Waals surface area contributed by atoms with E-state index >= 15 is 0 Å². The van der Waals surface area contributed by atoms with E-state index in [1.807, 2.05) is 0 Å². The van der Waals surface area contributed by atoms with Crippen LogP contribution in [0.1, 0.15) is 19.3 Å². The largest absolute Gasteiger partial charge is 0.390 e. The molecule has 12 heavy (non-hydrogen) atoms. The summed E-state index contributed by atoms with van der Waals surface area (Å²) in [4.78, 5) is 0. The van der Waals surface area contributed by atoms with Crippen molar-refractivity contribution in [3.05, 3.63) is 0 Å². The Kier molecular flexibility index (Phi) is 2.35. The van der Waals surface area contributed by atoms with Crippen molar-refractivity contribution in [2.45, 2.75) is 37.6 Å². The molecule has 0 spiro atoms. The lowest BCUT2D eigenvalue weighted by molar-refractivity contribution is -0.0533. The van der Waals surface area contributed by atoms with Crippen molar-refractivity contribution in [2.75, 3.05) is 13.7 Å². The normalized spacial score (nSPS) is 47.5. The topological polar surface area (TPSA) is 42.0 Å². The first kappa shape index (κ1) is 8.48. The smallest absolute Gasteiger partial charge is 0.0839 e. The van der Waals surface area contributed by atoms with Gasteiger partial charge in [-0.3, -0.25) is 0 Å². The fraction of sp³-hybridized carbons (Fsp3) is 1.00. The van der Waals surface area contributed by atoms with Crippen LogP contribution in [0.3, 0.4) is 0 Å². The summed E-state index contributed by atoms with van der Waals surface area (Å²) in [5.41, 5.74) is 0. The Morgan fingerprint density at radius 3 is 2.75 bits per heavy atom. The highest BCUT2D eigenvalue weighted by atomic mass is 16.6. The first-order valence-corrected chi connectivity index (χ1v) is 4.63. The molecule has 0 aromatic rings. The molecule has 3 heteroatoms. The number of hydrogen-bond donors (Lipinski definition) is 1. The summed E-state index contributed by atoms with van der Waals surface area (Å²) in [6.07, 6.45) is 3.16. The summed E-state index contributed by atoms with van der Waals surface area (Å²) in [7, 11) is 1.67. The lowest BCUT2D eigenvalue weighted by Gasteiger charge is -2.31. The molecule has 2 aliphatic rings. The van der Waals surface area contributed by atoms with Gasteiger partial charge >= 0.3 is 0 Å². The Morgan fingerprint density at radius 1 is 1.42 bits per heavy atom. The first-order valence-electron chi connectivity index (χ1n) is 4.63. The highest BCUT2D eigenvalue weighted by Gasteiger charge is 2.39. The predicted molar refractivity (Wildman–Crippen MR) is 43.9 cm³/mol. The third-order valence-corrected chi connectivity index (χ3v) is 2.99. The van der Waals surface area contributed by atoms with Gasteiger partial charge in [-0.05, 0) is 25.2 Å². The van der Waals surface area contributed by atoms with Gasteiger partial charge in [0.05, 0.1) is 24.9 Å². The highest BCUT2D eigenvalue weighted by molar-refractivity contribution is 4.88.